The van der Waals surface area contributed by atoms with E-state index in [1.54, 1.807) is 17.0 Å². The van der Waals surface area contributed by atoms with Crippen LogP contribution in [0.2, 0.25) is 0 Å². The highest BCUT2D eigenvalue weighted by molar-refractivity contribution is 8.00. The fourth-order valence-corrected chi connectivity index (χ4v) is 5.50. The second-order valence-corrected chi connectivity index (χ2v) is 8.96. The molecule has 0 spiro atoms. The van der Waals surface area contributed by atoms with Gasteiger partial charge in [0.25, 0.3) is 0 Å². The number of amides is 1. The number of thioether (sulfide) groups is 1. The summed E-state index contributed by atoms with van der Waals surface area (Å²) >= 11 is 1.40. The minimum Gasteiger partial charge on any atom is -0.311 e. The fraction of sp³-hybridized carbons (Fsp3) is 0.333. The van der Waals surface area contributed by atoms with E-state index in [2.05, 4.69) is 16.0 Å². The van der Waals surface area contributed by atoms with Crippen molar-refractivity contribution in [3.05, 3.63) is 81.7 Å². The van der Waals surface area contributed by atoms with E-state index >= 15 is 0 Å². The van der Waals surface area contributed by atoms with Crippen molar-refractivity contribution >= 4 is 23.4 Å². The number of para-hydroxylation sites is 1. The number of aryl methyl sites for hydroxylation is 1. The lowest BCUT2D eigenvalue weighted by atomic mass is 10.0. The molecule has 1 aliphatic heterocycles. The van der Waals surface area contributed by atoms with E-state index in [9.17, 15) is 9.59 Å². The summed E-state index contributed by atoms with van der Waals surface area (Å²) in [4.78, 5) is 36.3. The molecule has 2 aliphatic rings. The van der Waals surface area contributed by atoms with Crippen LogP contribution in [0.3, 0.4) is 0 Å². The summed E-state index contributed by atoms with van der Waals surface area (Å²) in [6, 6.07) is 12.0. The van der Waals surface area contributed by atoms with Crippen molar-refractivity contribution in [3.8, 4) is 0 Å². The Morgan fingerprint density at radius 3 is 2.84 bits per heavy atom. The summed E-state index contributed by atoms with van der Waals surface area (Å²) in [6.45, 7) is 1.23. The van der Waals surface area contributed by atoms with Crippen molar-refractivity contribution in [2.45, 2.75) is 43.7 Å². The number of nitrogens with zero attached hydrogens (tertiary/aromatic N) is 4. The van der Waals surface area contributed by atoms with E-state index < -0.39 is 0 Å². The molecule has 5 rings (SSSR count). The normalized spacial score (nSPS) is 14.9. The molecular formula is C24H24N4O2S. The van der Waals surface area contributed by atoms with Crippen molar-refractivity contribution < 1.29 is 4.79 Å². The average Bonchev–Trinajstić information content (AvgIpc) is 3.30. The summed E-state index contributed by atoms with van der Waals surface area (Å²) in [5.41, 5.74) is 5.17. The van der Waals surface area contributed by atoms with Crippen LogP contribution in [-0.4, -0.2) is 32.7 Å². The lowest BCUT2D eigenvalue weighted by molar-refractivity contribution is -0.116. The third-order valence-electron chi connectivity index (χ3n) is 6.01. The molecule has 1 aromatic carbocycles. The van der Waals surface area contributed by atoms with Gasteiger partial charge in [-0.05, 0) is 55.4 Å². The maximum Gasteiger partial charge on any atom is 0.349 e. The van der Waals surface area contributed by atoms with E-state index in [0.29, 0.717) is 12.3 Å². The van der Waals surface area contributed by atoms with Gasteiger partial charge in [-0.3, -0.25) is 14.3 Å². The fourth-order valence-electron chi connectivity index (χ4n) is 4.54. The number of fused-ring (bicyclic) bond motifs is 2. The maximum absolute atomic E-state index is 13.0. The van der Waals surface area contributed by atoms with Crippen molar-refractivity contribution in [1.82, 2.24) is 14.5 Å². The molecule has 2 aromatic heterocycles. The monoisotopic (exact) mass is 432 g/mol. The summed E-state index contributed by atoms with van der Waals surface area (Å²) in [5, 5.41) is 0.721. The van der Waals surface area contributed by atoms with Gasteiger partial charge < -0.3 is 4.90 Å². The van der Waals surface area contributed by atoms with Crippen LogP contribution in [-0.2, 0) is 30.6 Å². The molecular weight excluding hydrogens is 408 g/mol. The van der Waals surface area contributed by atoms with Crippen molar-refractivity contribution in [2.75, 3.05) is 17.2 Å². The Bertz CT molecular complexity index is 1180. The van der Waals surface area contributed by atoms with Crippen LogP contribution in [0, 0.1) is 0 Å². The summed E-state index contributed by atoms with van der Waals surface area (Å²) < 4.78 is 1.77. The maximum atomic E-state index is 13.0. The largest absolute Gasteiger partial charge is 0.349 e. The number of carbonyl (C=O) groups excluding carboxylic acids is 1. The predicted octanol–water partition coefficient (Wildman–Crippen LogP) is 3.25. The van der Waals surface area contributed by atoms with Crippen LogP contribution in [0.25, 0.3) is 0 Å². The molecule has 1 aliphatic carbocycles. The van der Waals surface area contributed by atoms with Gasteiger partial charge in [-0.25, -0.2) is 4.79 Å². The Morgan fingerprint density at radius 1 is 1.06 bits per heavy atom. The second kappa shape index (κ2) is 8.67. The molecule has 0 unspecified atom stereocenters. The highest BCUT2D eigenvalue weighted by Crippen LogP contribution is 2.31. The Balaban J connectivity index is 1.36. The van der Waals surface area contributed by atoms with Crippen LogP contribution in [0.1, 0.15) is 35.2 Å². The molecule has 1 amide bonds. The molecule has 158 valence electrons. The van der Waals surface area contributed by atoms with E-state index in [1.807, 2.05) is 35.2 Å². The first kappa shape index (κ1) is 20.0. The number of anilines is 1. The topological polar surface area (TPSA) is 68.1 Å². The molecule has 6 nitrogen and oxygen atoms in total. The highest BCUT2D eigenvalue weighted by Gasteiger charge is 2.25. The lowest BCUT2D eigenvalue weighted by Gasteiger charge is -2.29. The molecule has 0 saturated heterocycles. The summed E-state index contributed by atoms with van der Waals surface area (Å²) in [6.07, 6.45) is 8.28. The first-order valence-electron chi connectivity index (χ1n) is 10.7. The van der Waals surface area contributed by atoms with Crippen molar-refractivity contribution in [1.29, 1.82) is 0 Å². The predicted molar refractivity (Wildman–Crippen MR) is 122 cm³/mol. The van der Waals surface area contributed by atoms with Crippen LogP contribution in [0.15, 0.2) is 58.6 Å². The lowest BCUT2D eigenvalue weighted by Crippen LogP contribution is -2.36. The standard InChI is InChI=1S/C24H24N4O2S/c29-22(27-13-5-8-18-7-1-2-10-20(18)27)16-31-23-19-9-3-11-21(19)28(24(30)26-23)15-17-6-4-12-25-14-17/h1-2,4,6-7,10,12,14H,3,5,8-9,11,13,15-16H2. The van der Waals surface area contributed by atoms with Gasteiger partial charge in [-0.15, -0.1) is 0 Å². The Morgan fingerprint density at radius 2 is 1.97 bits per heavy atom. The second-order valence-electron chi connectivity index (χ2n) is 7.99. The van der Waals surface area contributed by atoms with Crippen molar-refractivity contribution in [2.24, 2.45) is 0 Å². The average molecular weight is 433 g/mol. The summed E-state index contributed by atoms with van der Waals surface area (Å²) in [7, 11) is 0. The molecule has 0 atom stereocenters. The molecule has 3 aromatic rings. The van der Waals surface area contributed by atoms with Crippen LogP contribution >= 0.6 is 11.8 Å². The Kier molecular flexibility index (Phi) is 5.59. The summed E-state index contributed by atoms with van der Waals surface area (Å²) in [5.74, 6) is 0.366. The number of benzene rings is 1. The van der Waals surface area contributed by atoms with Crippen LogP contribution in [0.5, 0.6) is 0 Å². The number of hydrogen-bond donors (Lipinski definition) is 0. The van der Waals surface area contributed by atoms with Gasteiger partial charge >= 0.3 is 5.69 Å². The van der Waals surface area contributed by atoms with Crippen molar-refractivity contribution in [3.63, 3.8) is 0 Å². The molecule has 3 heterocycles. The van der Waals surface area contributed by atoms with E-state index in [0.717, 1.165) is 66.2 Å². The van der Waals surface area contributed by atoms with Gasteiger partial charge in [0.15, 0.2) is 0 Å². The van der Waals surface area contributed by atoms with Gasteiger partial charge in [0.1, 0.15) is 5.03 Å². The third kappa shape index (κ3) is 4.02. The minimum absolute atomic E-state index is 0.0743. The number of carbonyl (C=O) groups is 1. The molecule has 31 heavy (non-hydrogen) atoms. The van der Waals surface area contributed by atoms with E-state index in [-0.39, 0.29) is 11.6 Å². The van der Waals surface area contributed by atoms with Gasteiger partial charge in [0, 0.05) is 35.9 Å². The molecule has 7 heteroatoms. The zero-order chi connectivity index (χ0) is 21.2. The number of pyridine rings is 1. The highest BCUT2D eigenvalue weighted by atomic mass is 32.2. The quantitative estimate of drug-likeness (QED) is 0.457. The number of aromatic nitrogens is 3. The Hall–Kier alpha value is -2.93. The zero-order valence-electron chi connectivity index (χ0n) is 17.3. The Labute approximate surface area is 185 Å². The zero-order valence-corrected chi connectivity index (χ0v) is 18.1. The van der Waals surface area contributed by atoms with Gasteiger partial charge in [-0.1, -0.05) is 36.0 Å². The third-order valence-corrected chi connectivity index (χ3v) is 7.01. The first-order valence-corrected chi connectivity index (χ1v) is 11.7. The van der Waals surface area contributed by atoms with Gasteiger partial charge in [-0.2, -0.15) is 4.98 Å². The molecule has 0 bridgehead atoms. The van der Waals surface area contributed by atoms with Gasteiger partial charge in [0.2, 0.25) is 5.91 Å². The molecule has 0 fully saturated rings. The smallest absolute Gasteiger partial charge is 0.311 e. The number of rotatable bonds is 5. The van der Waals surface area contributed by atoms with Crippen LogP contribution in [0.4, 0.5) is 5.69 Å². The molecule has 0 radical (unpaired) electrons. The van der Waals surface area contributed by atoms with E-state index in [1.165, 1.54) is 17.3 Å². The van der Waals surface area contributed by atoms with Gasteiger partial charge in [0.05, 0.1) is 12.3 Å². The molecule has 0 saturated carbocycles. The van der Waals surface area contributed by atoms with Crippen LogP contribution < -0.4 is 10.6 Å². The minimum atomic E-state index is -0.247. The SMILES string of the molecule is O=C(CSc1nc(=O)n(Cc2cccnc2)c2c1CCC2)N1CCCc2ccccc21. The number of hydrogen-bond acceptors (Lipinski definition) is 5. The molecule has 0 N–H and O–H groups in total. The first-order chi connectivity index (χ1) is 15.2. The van der Waals surface area contributed by atoms with E-state index in [4.69, 9.17) is 0 Å².